The van der Waals surface area contributed by atoms with Crippen LogP contribution in [0.5, 0.6) is 5.75 Å². The summed E-state index contributed by atoms with van der Waals surface area (Å²) in [4.78, 5) is 2.36. The molecule has 1 aliphatic heterocycles. The standard InChI is InChI=1S/C15H23FN2O/c1-18-8-6-12(7-9-18)10-17-11-13-4-3-5-14(19-2)15(13)16/h3-5,12,17H,6-11H2,1-2H3. The van der Waals surface area contributed by atoms with Crippen LogP contribution in [0, 0.1) is 11.7 Å². The molecule has 0 spiro atoms. The predicted octanol–water partition coefficient (Wildman–Crippen LogP) is 2.27. The van der Waals surface area contributed by atoms with Crippen molar-refractivity contribution in [1.82, 2.24) is 10.2 Å². The van der Waals surface area contributed by atoms with Crippen molar-refractivity contribution in [2.75, 3.05) is 33.8 Å². The molecule has 0 radical (unpaired) electrons. The van der Waals surface area contributed by atoms with Gasteiger partial charge in [0.05, 0.1) is 7.11 Å². The number of benzene rings is 1. The Bertz CT molecular complexity index is 403. The molecule has 1 saturated heterocycles. The van der Waals surface area contributed by atoms with Crippen LogP contribution < -0.4 is 10.1 Å². The van der Waals surface area contributed by atoms with Crippen molar-refractivity contribution in [3.05, 3.63) is 29.6 Å². The minimum absolute atomic E-state index is 0.249. The van der Waals surface area contributed by atoms with Gasteiger partial charge in [-0.2, -0.15) is 0 Å². The zero-order valence-electron chi connectivity index (χ0n) is 11.8. The zero-order valence-corrected chi connectivity index (χ0v) is 11.8. The van der Waals surface area contributed by atoms with Crippen molar-refractivity contribution in [2.24, 2.45) is 5.92 Å². The molecule has 0 bridgehead atoms. The summed E-state index contributed by atoms with van der Waals surface area (Å²) in [6, 6.07) is 5.28. The van der Waals surface area contributed by atoms with Gasteiger partial charge in [-0.15, -0.1) is 0 Å². The highest BCUT2D eigenvalue weighted by Crippen LogP contribution is 2.20. The molecule has 1 fully saturated rings. The number of hydrogen-bond acceptors (Lipinski definition) is 3. The predicted molar refractivity (Wildman–Crippen MR) is 74.9 cm³/mol. The van der Waals surface area contributed by atoms with Crippen LogP contribution in [0.3, 0.4) is 0 Å². The normalized spacial score (nSPS) is 17.6. The number of nitrogens with zero attached hydrogens (tertiary/aromatic N) is 1. The lowest BCUT2D eigenvalue weighted by Gasteiger charge is -2.29. The fourth-order valence-corrected chi connectivity index (χ4v) is 2.53. The van der Waals surface area contributed by atoms with E-state index in [1.165, 1.54) is 33.0 Å². The summed E-state index contributed by atoms with van der Waals surface area (Å²) in [5.41, 5.74) is 0.673. The molecule has 3 nitrogen and oxygen atoms in total. The first-order chi connectivity index (χ1) is 9.20. The lowest BCUT2D eigenvalue weighted by molar-refractivity contribution is 0.216. The van der Waals surface area contributed by atoms with Crippen molar-refractivity contribution in [3.63, 3.8) is 0 Å². The quantitative estimate of drug-likeness (QED) is 0.885. The van der Waals surface area contributed by atoms with Gasteiger partial charge in [-0.25, -0.2) is 4.39 Å². The van der Waals surface area contributed by atoms with E-state index in [2.05, 4.69) is 17.3 Å². The highest BCUT2D eigenvalue weighted by molar-refractivity contribution is 5.30. The lowest BCUT2D eigenvalue weighted by atomic mass is 9.97. The van der Waals surface area contributed by atoms with Gasteiger partial charge in [-0.05, 0) is 51.5 Å². The Morgan fingerprint density at radius 2 is 2.11 bits per heavy atom. The zero-order chi connectivity index (χ0) is 13.7. The van der Waals surface area contributed by atoms with Gasteiger partial charge in [-0.1, -0.05) is 12.1 Å². The Hall–Kier alpha value is -1.13. The van der Waals surface area contributed by atoms with Crippen LogP contribution in [-0.2, 0) is 6.54 Å². The van der Waals surface area contributed by atoms with Crippen LogP contribution in [0.15, 0.2) is 18.2 Å². The Balaban J connectivity index is 1.79. The molecule has 1 heterocycles. The number of halogens is 1. The van der Waals surface area contributed by atoms with Gasteiger partial charge >= 0.3 is 0 Å². The van der Waals surface area contributed by atoms with Gasteiger partial charge in [-0.3, -0.25) is 0 Å². The maximum Gasteiger partial charge on any atom is 0.169 e. The molecule has 0 aromatic heterocycles. The smallest absolute Gasteiger partial charge is 0.169 e. The molecule has 4 heteroatoms. The van der Waals surface area contributed by atoms with E-state index in [4.69, 9.17) is 4.74 Å². The maximum absolute atomic E-state index is 13.9. The molecule has 2 rings (SSSR count). The van der Waals surface area contributed by atoms with Crippen molar-refractivity contribution in [2.45, 2.75) is 19.4 Å². The van der Waals surface area contributed by atoms with E-state index in [0.29, 0.717) is 23.8 Å². The van der Waals surface area contributed by atoms with Crippen LogP contribution >= 0.6 is 0 Å². The molecule has 19 heavy (non-hydrogen) atoms. The van der Waals surface area contributed by atoms with Gasteiger partial charge in [0, 0.05) is 12.1 Å². The summed E-state index contributed by atoms with van der Waals surface area (Å²) in [5.74, 6) is 0.782. The molecule has 0 aliphatic carbocycles. The van der Waals surface area contributed by atoms with Crippen LogP contribution in [0.2, 0.25) is 0 Å². The van der Waals surface area contributed by atoms with E-state index in [-0.39, 0.29) is 5.82 Å². The van der Waals surface area contributed by atoms with E-state index in [0.717, 1.165) is 6.54 Å². The molecular formula is C15H23FN2O. The van der Waals surface area contributed by atoms with E-state index in [9.17, 15) is 4.39 Å². The third-order valence-corrected chi connectivity index (χ3v) is 3.85. The van der Waals surface area contributed by atoms with Crippen molar-refractivity contribution >= 4 is 0 Å². The number of methoxy groups -OCH3 is 1. The first kappa shape index (κ1) is 14.3. The molecule has 0 unspecified atom stereocenters. The molecule has 0 atom stereocenters. The number of hydrogen-bond donors (Lipinski definition) is 1. The highest BCUT2D eigenvalue weighted by Gasteiger charge is 2.16. The molecule has 106 valence electrons. The molecule has 0 saturated carbocycles. The SMILES string of the molecule is COc1cccc(CNCC2CCN(C)CC2)c1F. The van der Waals surface area contributed by atoms with Crippen molar-refractivity contribution in [3.8, 4) is 5.75 Å². The van der Waals surface area contributed by atoms with Gasteiger partial charge < -0.3 is 15.0 Å². The maximum atomic E-state index is 13.9. The average molecular weight is 266 g/mol. The van der Waals surface area contributed by atoms with Gasteiger partial charge in [0.2, 0.25) is 0 Å². The first-order valence-electron chi connectivity index (χ1n) is 6.91. The molecular weight excluding hydrogens is 243 g/mol. The lowest BCUT2D eigenvalue weighted by Crippen LogP contribution is -2.34. The van der Waals surface area contributed by atoms with E-state index < -0.39 is 0 Å². The minimum atomic E-state index is -0.249. The third-order valence-electron chi connectivity index (χ3n) is 3.85. The summed E-state index contributed by atoms with van der Waals surface area (Å²) in [6.07, 6.45) is 2.45. The Labute approximate surface area is 114 Å². The largest absolute Gasteiger partial charge is 0.494 e. The van der Waals surface area contributed by atoms with E-state index in [1.807, 2.05) is 6.07 Å². The molecule has 1 aliphatic rings. The second kappa shape index (κ2) is 6.87. The van der Waals surface area contributed by atoms with Gasteiger partial charge in [0.15, 0.2) is 11.6 Å². The van der Waals surface area contributed by atoms with E-state index in [1.54, 1.807) is 12.1 Å². The summed E-state index contributed by atoms with van der Waals surface area (Å²) in [6.45, 7) is 3.86. The topological polar surface area (TPSA) is 24.5 Å². The summed E-state index contributed by atoms with van der Waals surface area (Å²) in [5, 5.41) is 3.36. The number of rotatable bonds is 5. The second-order valence-corrected chi connectivity index (χ2v) is 5.31. The molecule has 0 amide bonds. The number of ether oxygens (including phenoxy) is 1. The summed E-state index contributed by atoms with van der Waals surface area (Å²) < 4.78 is 18.9. The third kappa shape index (κ3) is 3.91. The van der Waals surface area contributed by atoms with Crippen molar-refractivity contribution in [1.29, 1.82) is 0 Å². The molecule has 1 aromatic rings. The Kier molecular flexibility index (Phi) is 5.16. The number of piperidine rings is 1. The first-order valence-corrected chi connectivity index (χ1v) is 6.91. The fourth-order valence-electron chi connectivity index (χ4n) is 2.53. The monoisotopic (exact) mass is 266 g/mol. The van der Waals surface area contributed by atoms with Crippen LogP contribution in [0.1, 0.15) is 18.4 Å². The van der Waals surface area contributed by atoms with Gasteiger partial charge in [0.25, 0.3) is 0 Å². The van der Waals surface area contributed by atoms with Crippen LogP contribution in [0.4, 0.5) is 4.39 Å². The van der Waals surface area contributed by atoms with Crippen LogP contribution in [-0.4, -0.2) is 38.7 Å². The van der Waals surface area contributed by atoms with Crippen molar-refractivity contribution < 1.29 is 9.13 Å². The summed E-state index contributed by atoms with van der Waals surface area (Å²) in [7, 11) is 3.66. The molecule has 1 aromatic carbocycles. The summed E-state index contributed by atoms with van der Waals surface area (Å²) >= 11 is 0. The number of nitrogens with one attached hydrogen (secondary N) is 1. The van der Waals surface area contributed by atoms with E-state index >= 15 is 0 Å². The Morgan fingerprint density at radius 1 is 1.37 bits per heavy atom. The average Bonchev–Trinajstić information content (AvgIpc) is 2.43. The fraction of sp³-hybridized carbons (Fsp3) is 0.600. The Morgan fingerprint density at radius 3 is 2.79 bits per heavy atom. The minimum Gasteiger partial charge on any atom is -0.494 e. The highest BCUT2D eigenvalue weighted by atomic mass is 19.1. The van der Waals surface area contributed by atoms with Crippen LogP contribution in [0.25, 0.3) is 0 Å². The van der Waals surface area contributed by atoms with Gasteiger partial charge in [0.1, 0.15) is 0 Å². The molecule has 1 N–H and O–H groups in total. The second-order valence-electron chi connectivity index (χ2n) is 5.31. The number of likely N-dealkylation sites (tertiary alicyclic amines) is 1.